The molecule has 1 aromatic carbocycles. The second kappa shape index (κ2) is 7.93. The Labute approximate surface area is 111 Å². The number of nitrogens with two attached hydrogens (primary N) is 1. The number of rotatable bonds is 8. The molecule has 0 fully saturated rings. The van der Waals surface area contributed by atoms with Gasteiger partial charge in [-0.1, -0.05) is 31.1 Å². The highest BCUT2D eigenvalue weighted by atomic mass is 16.5. The van der Waals surface area contributed by atoms with Gasteiger partial charge in [0, 0.05) is 6.04 Å². The summed E-state index contributed by atoms with van der Waals surface area (Å²) in [5.41, 5.74) is 8.53. The molecule has 1 atom stereocenters. The van der Waals surface area contributed by atoms with Crippen molar-refractivity contribution in [3.05, 3.63) is 42.0 Å². The molecule has 2 nitrogen and oxygen atoms in total. The second-order valence-electron chi connectivity index (χ2n) is 4.76. The maximum Gasteiger partial charge on any atom is 0.122 e. The van der Waals surface area contributed by atoms with E-state index in [1.165, 1.54) is 24.8 Å². The molecule has 0 aliphatic rings. The average Bonchev–Trinajstić information content (AvgIpc) is 2.38. The Hall–Kier alpha value is -1.28. The van der Waals surface area contributed by atoms with E-state index in [1.54, 1.807) is 7.11 Å². The number of methoxy groups -OCH3 is 1. The molecule has 0 bridgehead atoms. The Morgan fingerprint density at radius 1 is 1.33 bits per heavy atom. The van der Waals surface area contributed by atoms with Crippen LogP contribution in [0.25, 0.3) is 0 Å². The van der Waals surface area contributed by atoms with Gasteiger partial charge in [-0.3, -0.25) is 0 Å². The van der Waals surface area contributed by atoms with Crippen LogP contribution in [0.15, 0.2) is 30.9 Å². The van der Waals surface area contributed by atoms with Gasteiger partial charge in [-0.05, 0) is 43.4 Å². The average molecular weight is 247 g/mol. The zero-order valence-electron chi connectivity index (χ0n) is 11.6. The molecule has 0 spiro atoms. The van der Waals surface area contributed by atoms with Gasteiger partial charge in [0.2, 0.25) is 0 Å². The van der Waals surface area contributed by atoms with Crippen molar-refractivity contribution < 1.29 is 4.74 Å². The van der Waals surface area contributed by atoms with E-state index >= 15 is 0 Å². The number of hydrogen-bond acceptors (Lipinski definition) is 2. The highest BCUT2D eigenvalue weighted by Crippen LogP contribution is 2.24. The number of unbranched alkanes of at least 4 members (excludes halogenated alkanes) is 3. The lowest BCUT2D eigenvalue weighted by atomic mass is 9.99. The molecule has 1 rings (SSSR count). The van der Waals surface area contributed by atoms with Crippen LogP contribution in [0, 0.1) is 6.92 Å². The summed E-state index contributed by atoms with van der Waals surface area (Å²) in [5.74, 6) is 0.926. The van der Waals surface area contributed by atoms with Gasteiger partial charge >= 0.3 is 0 Å². The fraction of sp³-hybridized carbons (Fsp3) is 0.500. The standard InChI is InChI=1S/C16H25NO/c1-4-5-6-7-8-9-15(17)14-11-10-13(2)16(12-14)18-3/h4,10-12,15H,1,5-9,17H2,2-3H3. The fourth-order valence-corrected chi connectivity index (χ4v) is 2.06. The zero-order valence-corrected chi connectivity index (χ0v) is 11.6. The summed E-state index contributed by atoms with van der Waals surface area (Å²) in [6, 6.07) is 6.35. The number of benzene rings is 1. The van der Waals surface area contributed by atoms with Crippen molar-refractivity contribution in [2.75, 3.05) is 7.11 Å². The monoisotopic (exact) mass is 247 g/mol. The first-order valence-electron chi connectivity index (χ1n) is 6.70. The summed E-state index contributed by atoms with van der Waals surface area (Å²) in [7, 11) is 1.70. The lowest BCUT2D eigenvalue weighted by molar-refractivity contribution is 0.410. The molecular weight excluding hydrogens is 222 g/mol. The predicted molar refractivity (Wildman–Crippen MR) is 77.9 cm³/mol. The number of allylic oxidation sites excluding steroid dienone is 1. The molecule has 0 aliphatic heterocycles. The van der Waals surface area contributed by atoms with Gasteiger partial charge in [0.15, 0.2) is 0 Å². The molecule has 1 unspecified atom stereocenters. The number of hydrogen-bond donors (Lipinski definition) is 1. The topological polar surface area (TPSA) is 35.2 Å². The minimum atomic E-state index is 0.114. The van der Waals surface area contributed by atoms with E-state index in [-0.39, 0.29) is 6.04 Å². The normalized spacial score (nSPS) is 12.2. The maximum absolute atomic E-state index is 6.21. The molecule has 0 radical (unpaired) electrons. The van der Waals surface area contributed by atoms with Gasteiger partial charge in [-0.15, -0.1) is 6.58 Å². The molecule has 100 valence electrons. The van der Waals surface area contributed by atoms with Crippen molar-refractivity contribution in [3.63, 3.8) is 0 Å². The Balaban J connectivity index is 2.45. The third-order valence-corrected chi connectivity index (χ3v) is 3.28. The molecule has 0 aliphatic carbocycles. The van der Waals surface area contributed by atoms with Gasteiger partial charge in [0.1, 0.15) is 5.75 Å². The smallest absolute Gasteiger partial charge is 0.122 e. The van der Waals surface area contributed by atoms with Crippen LogP contribution < -0.4 is 10.5 Å². The van der Waals surface area contributed by atoms with Crippen LogP contribution in [-0.2, 0) is 0 Å². The Bertz CT molecular complexity index is 373. The molecule has 2 N–H and O–H groups in total. The van der Waals surface area contributed by atoms with E-state index in [4.69, 9.17) is 10.5 Å². The molecule has 0 heterocycles. The molecular formula is C16H25NO. The third kappa shape index (κ3) is 4.53. The van der Waals surface area contributed by atoms with Crippen LogP contribution in [0.1, 0.15) is 49.3 Å². The lowest BCUT2D eigenvalue weighted by Gasteiger charge is -2.14. The van der Waals surface area contributed by atoms with Crippen LogP contribution >= 0.6 is 0 Å². The van der Waals surface area contributed by atoms with E-state index in [1.807, 2.05) is 13.0 Å². The molecule has 2 heteroatoms. The van der Waals surface area contributed by atoms with Crippen molar-refractivity contribution >= 4 is 0 Å². The maximum atomic E-state index is 6.21. The zero-order chi connectivity index (χ0) is 13.4. The molecule has 0 saturated carbocycles. The summed E-state index contributed by atoms with van der Waals surface area (Å²) >= 11 is 0. The van der Waals surface area contributed by atoms with Gasteiger partial charge in [-0.2, -0.15) is 0 Å². The van der Waals surface area contributed by atoms with Crippen LogP contribution in [-0.4, -0.2) is 7.11 Å². The second-order valence-corrected chi connectivity index (χ2v) is 4.76. The minimum absolute atomic E-state index is 0.114. The first kappa shape index (κ1) is 14.8. The summed E-state index contributed by atoms with van der Waals surface area (Å²) in [5, 5.41) is 0. The van der Waals surface area contributed by atoms with E-state index < -0.39 is 0 Å². The van der Waals surface area contributed by atoms with Crippen LogP contribution in [0.2, 0.25) is 0 Å². The Morgan fingerprint density at radius 2 is 2.11 bits per heavy atom. The first-order valence-corrected chi connectivity index (χ1v) is 6.70. The largest absolute Gasteiger partial charge is 0.496 e. The third-order valence-electron chi connectivity index (χ3n) is 3.28. The van der Waals surface area contributed by atoms with Crippen molar-refractivity contribution in [1.82, 2.24) is 0 Å². The summed E-state index contributed by atoms with van der Waals surface area (Å²) in [6.07, 6.45) is 7.73. The predicted octanol–water partition coefficient (Wildman–Crippen LogP) is 4.14. The van der Waals surface area contributed by atoms with Gasteiger partial charge in [0.05, 0.1) is 7.11 Å². The van der Waals surface area contributed by atoms with Gasteiger partial charge in [-0.25, -0.2) is 0 Å². The van der Waals surface area contributed by atoms with Crippen molar-refractivity contribution in [3.8, 4) is 5.75 Å². The highest BCUT2D eigenvalue weighted by molar-refractivity contribution is 5.37. The van der Waals surface area contributed by atoms with Crippen molar-refractivity contribution in [2.45, 2.75) is 45.1 Å². The number of aryl methyl sites for hydroxylation is 1. The molecule has 18 heavy (non-hydrogen) atoms. The lowest BCUT2D eigenvalue weighted by Crippen LogP contribution is -2.10. The Kier molecular flexibility index (Phi) is 6.51. The summed E-state index contributed by atoms with van der Waals surface area (Å²) < 4.78 is 5.33. The SMILES string of the molecule is C=CCCCCCC(N)c1ccc(C)c(OC)c1. The van der Waals surface area contributed by atoms with Crippen LogP contribution in [0.5, 0.6) is 5.75 Å². The van der Waals surface area contributed by atoms with E-state index in [2.05, 4.69) is 24.8 Å². The van der Waals surface area contributed by atoms with E-state index in [0.29, 0.717) is 0 Å². The highest BCUT2D eigenvalue weighted by Gasteiger charge is 2.08. The molecule has 0 saturated heterocycles. The molecule has 1 aromatic rings. The fourth-order valence-electron chi connectivity index (χ4n) is 2.06. The summed E-state index contributed by atoms with van der Waals surface area (Å²) in [6.45, 7) is 5.77. The van der Waals surface area contributed by atoms with E-state index in [0.717, 1.165) is 24.2 Å². The van der Waals surface area contributed by atoms with Crippen molar-refractivity contribution in [1.29, 1.82) is 0 Å². The minimum Gasteiger partial charge on any atom is -0.496 e. The van der Waals surface area contributed by atoms with Gasteiger partial charge in [0.25, 0.3) is 0 Å². The quantitative estimate of drug-likeness (QED) is 0.553. The molecule has 0 amide bonds. The van der Waals surface area contributed by atoms with Crippen molar-refractivity contribution in [2.24, 2.45) is 5.73 Å². The van der Waals surface area contributed by atoms with Crippen LogP contribution in [0.4, 0.5) is 0 Å². The van der Waals surface area contributed by atoms with Crippen LogP contribution in [0.3, 0.4) is 0 Å². The molecule has 0 aromatic heterocycles. The summed E-state index contributed by atoms with van der Waals surface area (Å²) in [4.78, 5) is 0. The number of ether oxygens (including phenoxy) is 1. The Morgan fingerprint density at radius 3 is 2.78 bits per heavy atom. The first-order chi connectivity index (χ1) is 8.69. The van der Waals surface area contributed by atoms with Gasteiger partial charge < -0.3 is 10.5 Å². The van der Waals surface area contributed by atoms with E-state index in [9.17, 15) is 0 Å².